The van der Waals surface area contributed by atoms with Crippen LogP contribution in [0.15, 0.2) is 0 Å². The zero-order valence-electron chi connectivity index (χ0n) is 10.1. The van der Waals surface area contributed by atoms with Crippen LogP contribution in [0.3, 0.4) is 0 Å². The fourth-order valence-electron chi connectivity index (χ4n) is 1.17. The molecular weight excluding hydrogens is 228 g/mol. The van der Waals surface area contributed by atoms with Gasteiger partial charge in [0.1, 0.15) is 6.61 Å². The van der Waals surface area contributed by atoms with Crippen LogP contribution < -0.4 is 5.32 Å². The Morgan fingerprint density at radius 2 is 1.94 bits per heavy atom. The van der Waals surface area contributed by atoms with E-state index < -0.39 is 5.97 Å². The van der Waals surface area contributed by atoms with Crippen molar-refractivity contribution in [2.45, 2.75) is 13.3 Å². The fourth-order valence-corrected chi connectivity index (χ4v) is 1.17. The third kappa shape index (κ3) is 8.21. The lowest BCUT2D eigenvalue weighted by Crippen LogP contribution is -2.40. The van der Waals surface area contributed by atoms with Crippen LogP contribution in [0.4, 0.5) is 0 Å². The van der Waals surface area contributed by atoms with Crippen LogP contribution in [0, 0.1) is 0 Å². The van der Waals surface area contributed by atoms with Crippen LogP contribution in [0.2, 0.25) is 0 Å². The van der Waals surface area contributed by atoms with Crippen molar-refractivity contribution < 1.29 is 24.2 Å². The Bertz CT molecular complexity index is 280. The van der Waals surface area contributed by atoms with Crippen molar-refractivity contribution in [3.8, 4) is 0 Å². The van der Waals surface area contributed by atoms with Gasteiger partial charge in [-0.05, 0) is 0 Å². The molecule has 0 bridgehead atoms. The number of carboxylic acids is 1. The molecule has 0 aliphatic carbocycles. The largest absolute Gasteiger partial charge is 0.481 e. The number of carbonyl (C=O) groups excluding carboxylic acids is 2. The summed E-state index contributed by atoms with van der Waals surface area (Å²) in [6.45, 7) is 1.95. The number of nitrogens with zero attached hydrogens (tertiary/aromatic N) is 1. The van der Waals surface area contributed by atoms with Crippen molar-refractivity contribution >= 4 is 17.8 Å². The van der Waals surface area contributed by atoms with E-state index in [0.717, 1.165) is 0 Å². The minimum absolute atomic E-state index is 0.0975. The lowest BCUT2D eigenvalue weighted by molar-refractivity contribution is -0.139. The van der Waals surface area contributed by atoms with Crippen LogP contribution in [-0.2, 0) is 19.1 Å². The summed E-state index contributed by atoms with van der Waals surface area (Å²) >= 11 is 0. The van der Waals surface area contributed by atoms with Gasteiger partial charge in [-0.15, -0.1) is 0 Å². The monoisotopic (exact) mass is 246 g/mol. The molecule has 0 radical (unpaired) electrons. The highest BCUT2D eigenvalue weighted by atomic mass is 16.5. The van der Waals surface area contributed by atoms with Gasteiger partial charge in [0.25, 0.3) is 0 Å². The van der Waals surface area contributed by atoms with Gasteiger partial charge in [-0.1, -0.05) is 0 Å². The number of hydrogen-bond donors (Lipinski definition) is 2. The van der Waals surface area contributed by atoms with Crippen molar-refractivity contribution in [1.82, 2.24) is 10.2 Å². The van der Waals surface area contributed by atoms with Gasteiger partial charge < -0.3 is 20.1 Å². The molecule has 2 amide bonds. The second-order valence-corrected chi connectivity index (χ2v) is 3.44. The van der Waals surface area contributed by atoms with E-state index >= 15 is 0 Å². The molecule has 0 rings (SSSR count). The second kappa shape index (κ2) is 8.51. The highest BCUT2D eigenvalue weighted by Crippen LogP contribution is 1.94. The number of nitrogens with one attached hydrogen (secondary N) is 1. The average Bonchev–Trinajstić information content (AvgIpc) is 2.22. The number of hydrogen-bond acceptors (Lipinski definition) is 4. The van der Waals surface area contributed by atoms with Crippen LogP contribution in [0.25, 0.3) is 0 Å². The number of aliphatic carboxylic acids is 1. The van der Waals surface area contributed by atoms with E-state index in [1.165, 1.54) is 18.9 Å². The van der Waals surface area contributed by atoms with E-state index in [-0.39, 0.29) is 37.9 Å². The summed E-state index contributed by atoms with van der Waals surface area (Å²) in [5.41, 5.74) is 0. The van der Waals surface area contributed by atoms with Crippen LogP contribution in [-0.4, -0.2) is 61.1 Å². The number of rotatable bonds is 8. The first kappa shape index (κ1) is 15.4. The molecule has 0 aromatic rings. The molecule has 7 heteroatoms. The molecule has 0 aliphatic rings. The Hall–Kier alpha value is -1.63. The Labute approximate surface area is 99.7 Å². The van der Waals surface area contributed by atoms with Crippen molar-refractivity contribution in [2.75, 3.05) is 33.4 Å². The molecule has 0 aromatic carbocycles. The van der Waals surface area contributed by atoms with Crippen molar-refractivity contribution in [3.63, 3.8) is 0 Å². The maximum absolute atomic E-state index is 11.5. The Morgan fingerprint density at radius 3 is 2.41 bits per heavy atom. The van der Waals surface area contributed by atoms with Gasteiger partial charge in [0, 0.05) is 33.7 Å². The van der Waals surface area contributed by atoms with E-state index in [0.29, 0.717) is 6.54 Å². The summed E-state index contributed by atoms with van der Waals surface area (Å²) in [6, 6.07) is 0. The van der Waals surface area contributed by atoms with E-state index in [9.17, 15) is 14.4 Å². The first-order chi connectivity index (χ1) is 7.97. The highest BCUT2D eigenvalue weighted by Gasteiger charge is 2.14. The van der Waals surface area contributed by atoms with Gasteiger partial charge in [0.2, 0.25) is 11.8 Å². The van der Waals surface area contributed by atoms with E-state index in [2.05, 4.69) is 5.32 Å². The molecule has 0 atom stereocenters. The van der Waals surface area contributed by atoms with E-state index in [1.807, 2.05) is 0 Å². The maximum Gasteiger partial charge on any atom is 0.305 e. The van der Waals surface area contributed by atoms with Gasteiger partial charge in [0.15, 0.2) is 0 Å². The molecule has 0 fully saturated rings. The zero-order valence-corrected chi connectivity index (χ0v) is 10.1. The standard InChI is InChI=1S/C10H18N2O5/c1-8(13)11-4-6-12(5-3-10(15)16)9(14)7-17-2/h3-7H2,1-2H3,(H,11,13)(H,15,16). The van der Waals surface area contributed by atoms with Gasteiger partial charge in [-0.25, -0.2) is 0 Å². The number of amides is 2. The predicted molar refractivity (Wildman–Crippen MR) is 59.4 cm³/mol. The van der Waals surface area contributed by atoms with Crippen molar-refractivity contribution in [2.24, 2.45) is 0 Å². The third-order valence-corrected chi connectivity index (χ3v) is 1.97. The topological polar surface area (TPSA) is 95.9 Å². The highest BCUT2D eigenvalue weighted by molar-refractivity contribution is 5.78. The Kier molecular flexibility index (Phi) is 7.70. The van der Waals surface area contributed by atoms with E-state index in [1.54, 1.807) is 0 Å². The summed E-state index contributed by atoms with van der Waals surface area (Å²) < 4.78 is 4.69. The molecule has 0 saturated heterocycles. The lowest BCUT2D eigenvalue weighted by Gasteiger charge is -2.21. The summed E-state index contributed by atoms with van der Waals surface area (Å²) in [7, 11) is 1.39. The van der Waals surface area contributed by atoms with Crippen LogP contribution >= 0.6 is 0 Å². The second-order valence-electron chi connectivity index (χ2n) is 3.44. The lowest BCUT2D eigenvalue weighted by atomic mass is 10.3. The van der Waals surface area contributed by atoms with E-state index in [4.69, 9.17) is 9.84 Å². The SMILES string of the molecule is COCC(=O)N(CCNC(C)=O)CCC(=O)O. The van der Waals surface area contributed by atoms with Crippen LogP contribution in [0.5, 0.6) is 0 Å². The Morgan fingerprint density at radius 1 is 1.29 bits per heavy atom. The summed E-state index contributed by atoms with van der Waals surface area (Å²) in [6.07, 6.45) is -0.129. The summed E-state index contributed by atoms with van der Waals surface area (Å²) in [5.74, 6) is -1.46. The van der Waals surface area contributed by atoms with Gasteiger partial charge >= 0.3 is 5.97 Å². The van der Waals surface area contributed by atoms with Crippen molar-refractivity contribution in [3.05, 3.63) is 0 Å². The molecule has 0 spiro atoms. The smallest absolute Gasteiger partial charge is 0.305 e. The minimum atomic E-state index is -0.972. The van der Waals surface area contributed by atoms with Gasteiger partial charge in [0.05, 0.1) is 6.42 Å². The number of methoxy groups -OCH3 is 1. The molecule has 17 heavy (non-hydrogen) atoms. The first-order valence-electron chi connectivity index (χ1n) is 5.20. The molecule has 7 nitrogen and oxygen atoms in total. The molecule has 98 valence electrons. The quantitative estimate of drug-likeness (QED) is 0.577. The molecule has 0 aliphatic heterocycles. The molecule has 0 aromatic heterocycles. The maximum atomic E-state index is 11.5. The third-order valence-electron chi connectivity index (χ3n) is 1.97. The number of ether oxygens (including phenoxy) is 1. The minimum Gasteiger partial charge on any atom is -0.481 e. The molecule has 2 N–H and O–H groups in total. The number of carboxylic acid groups (broad SMARTS) is 1. The van der Waals surface area contributed by atoms with Crippen molar-refractivity contribution in [1.29, 1.82) is 0 Å². The first-order valence-corrected chi connectivity index (χ1v) is 5.20. The van der Waals surface area contributed by atoms with Gasteiger partial charge in [-0.3, -0.25) is 14.4 Å². The summed E-state index contributed by atoms with van der Waals surface area (Å²) in [4.78, 5) is 34.0. The average molecular weight is 246 g/mol. The molecular formula is C10H18N2O5. The van der Waals surface area contributed by atoms with Crippen LogP contribution in [0.1, 0.15) is 13.3 Å². The van der Waals surface area contributed by atoms with Gasteiger partial charge in [-0.2, -0.15) is 0 Å². The summed E-state index contributed by atoms with van der Waals surface area (Å²) in [5, 5.41) is 11.1. The normalized spacial score (nSPS) is 9.76. The Balaban J connectivity index is 4.14. The predicted octanol–water partition coefficient (Wildman–Crippen LogP) is -0.928. The number of carbonyl (C=O) groups is 3. The molecule has 0 heterocycles. The molecule has 0 saturated carbocycles. The fraction of sp³-hybridized carbons (Fsp3) is 0.700. The zero-order chi connectivity index (χ0) is 13.3. The molecule has 0 unspecified atom stereocenters.